The number of nitrogen functional groups attached to an aromatic ring is 1. The van der Waals surface area contributed by atoms with Crippen LogP contribution in [-0.2, 0) is 11.3 Å². The Morgan fingerprint density at radius 2 is 2.11 bits per heavy atom. The zero-order valence-corrected chi connectivity index (χ0v) is 12.4. The van der Waals surface area contributed by atoms with E-state index in [4.69, 9.17) is 5.73 Å². The lowest BCUT2D eigenvalue weighted by molar-refractivity contribution is -0.135. The minimum atomic E-state index is 0.137. The molecule has 0 spiro atoms. The molecule has 0 radical (unpaired) electrons. The summed E-state index contributed by atoms with van der Waals surface area (Å²) in [5, 5.41) is 4.33. The number of rotatable bonds is 2. The number of carbonyl (C=O) groups excluding carboxylic acids is 1. The number of amides is 1. The van der Waals surface area contributed by atoms with Gasteiger partial charge in [-0.1, -0.05) is 13.8 Å². The summed E-state index contributed by atoms with van der Waals surface area (Å²) in [6, 6.07) is 0. The number of anilines is 1. The van der Waals surface area contributed by atoms with E-state index in [0.717, 1.165) is 30.9 Å². The van der Waals surface area contributed by atoms with Crippen LogP contribution in [-0.4, -0.2) is 33.7 Å². The maximum absolute atomic E-state index is 12.4. The molecule has 1 saturated heterocycles. The van der Waals surface area contributed by atoms with Crippen molar-refractivity contribution in [3.8, 4) is 0 Å². The second-order valence-electron chi connectivity index (χ2n) is 6.33. The molecule has 0 bridgehead atoms. The first-order valence-corrected chi connectivity index (χ1v) is 6.87. The van der Waals surface area contributed by atoms with Crippen molar-refractivity contribution in [2.24, 2.45) is 5.41 Å². The molecule has 0 atom stereocenters. The standard InChI is InChI=1S/C14H24N4O/c1-10-13(15)11(2)18(16-10)8-12(19)17-7-5-6-14(3,4)9-17/h5-9,15H2,1-4H3. The van der Waals surface area contributed by atoms with Crippen LogP contribution >= 0.6 is 0 Å². The third-order valence-corrected chi connectivity index (χ3v) is 3.98. The largest absolute Gasteiger partial charge is 0.396 e. The van der Waals surface area contributed by atoms with Crippen LogP contribution in [0.1, 0.15) is 38.1 Å². The van der Waals surface area contributed by atoms with Gasteiger partial charge in [-0.2, -0.15) is 5.10 Å². The van der Waals surface area contributed by atoms with Gasteiger partial charge in [0.15, 0.2) is 0 Å². The van der Waals surface area contributed by atoms with Crippen molar-refractivity contribution in [3.05, 3.63) is 11.4 Å². The Kier molecular flexibility index (Phi) is 3.56. The lowest BCUT2D eigenvalue weighted by Gasteiger charge is -2.38. The Labute approximate surface area is 114 Å². The zero-order chi connectivity index (χ0) is 14.2. The Morgan fingerprint density at radius 1 is 1.42 bits per heavy atom. The summed E-state index contributed by atoms with van der Waals surface area (Å²) >= 11 is 0. The highest BCUT2D eigenvalue weighted by atomic mass is 16.2. The molecule has 2 N–H and O–H groups in total. The number of hydrogen-bond donors (Lipinski definition) is 1. The number of carbonyl (C=O) groups is 1. The van der Waals surface area contributed by atoms with Crippen LogP contribution < -0.4 is 5.73 Å². The topological polar surface area (TPSA) is 64.2 Å². The van der Waals surface area contributed by atoms with Crippen LogP contribution in [0.2, 0.25) is 0 Å². The molecule has 0 aliphatic carbocycles. The van der Waals surface area contributed by atoms with Gasteiger partial charge < -0.3 is 10.6 Å². The fourth-order valence-corrected chi connectivity index (χ4v) is 2.73. The lowest BCUT2D eigenvalue weighted by Crippen LogP contribution is -2.45. The summed E-state index contributed by atoms with van der Waals surface area (Å²) in [5.74, 6) is 0.137. The van der Waals surface area contributed by atoms with Gasteiger partial charge in [0.2, 0.25) is 5.91 Å². The third kappa shape index (κ3) is 2.91. The van der Waals surface area contributed by atoms with Crippen molar-refractivity contribution >= 4 is 11.6 Å². The highest BCUT2D eigenvalue weighted by molar-refractivity contribution is 5.76. The second kappa shape index (κ2) is 4.87. The highest BCUT2D eigenvalue weighted by Gasteiger charge is 2.29. The number of aryl methyl sites for hydroxylation is 1. The lowest BCUT2D eigenvalue weighted by atomic mass is 9.84. The van der Waals surface area contributed by atoms with E-state index in [9.17, 15) is 4.79 Å². The third-order valence-electron chi connectivity index (χ3n) is 3.98. The fourth-order valence-electron chi connectivity index (χ4n) is 2.73. The fraction of sp³-hybridized carbons (Fsp3) is 0.714. The van der Waals surface area contributed by atoms with Crippen LogP contribution in [0.25, 0.3) is 0 Å². The van der Waals surface area contributed by atoms with E-state index in [1.807, 2.05) is 18.7 Å². The molecule has 0 aromatic carbocycles. The number of piperidine rings is 1. The summed E-state index contributed by atoms with van der Waals surface area (Å²) < 4.78 is 1.72. The van der Waals surface area contributed by atoms with Gasteiger partial charge in [0, 0.05) is 13.1 Å². The molecule has 2 heterocycles. The predicted octanol–water partition coefficient (Wildman–Crippen LogP) is 1.73. The van der Waals surface area contributed by atoms with E-state index in [2.05, 4.69) is 18.9 Å². The number of hydrogen-bond acceptors (Lipinski definition) is 3. The molecule has 0 saturated carbocycles. The van der Waals surface area contributed by atoms with Crippen molar-refractivity contribution in [2.75, 3.05) is 18.8 Å². The van der Waals surface area contributed by atoms with Crippen molar-refractivity contribution in [3.63, 3.8) is 0 Å². The maximum atomic E-state index is 12.4. The molecule has 1 amide bonds. The first-order valence-electron chi connectivity index (χ1n) is 6.87. The second-order valence-corrected chi connectivity index (χ2v) is 6.33. The van der Waals surface area contributed by atoms with Crippen molar-refractivity contribution in [1.29, 1.82) is 0 Å². The summed E-state index contributed by atoms with van der Waals surface area (Å²) in [5.41, 5.74) is 8.48. The SMILES string of the molecule is Cc1nn(CC(=O)N2CCCC(C)(C)C2)c(C)c1N. The van der Waals surface area contributed by atoms with E-state index in [-0.39, 0.29) is 11.3 Å². The average molecular weight is 264 g/mol. The Balaban J connectivity index is 2.06. The van der Waals surface area contributed by atoms with Gasteiger partial charge in [-0.3, -0.25) is 9.48 Å². The molecule has 106 valence electrons. The van der Waals surface area contributed by atoms with Gasteiger partial charge in [0.05, 0.1) is 17.1 Å². The monoisotopic (exact) mass is 264 g/mol. The van der Waals surface area contributed by atoms with E-state index in [1.165, 1.54) is 6.42 Å². The maximum Gasteiger partial charge on any atom is 0.244 e. The van der Waals surface area contributed by atoms with E-state index < -0.39 is 0 Å². The zero-order valence-electron chi connectivity index (χ0n) is 12.4. The summed E-state index contributed by atoms with van der Waals surface area (Å²) in [6.07, 6.45) is 2.27. The molecular formula is C14H24N4O. The molecule has 1 fully saturated rings. The van der Waals surface area contributed by atoms with E-state index >= 15 is 0 Å². The molecule has 19 heavy (non-hydrogen) atoms. The van der Waals surface area contributed by atoms with E-state index in [0.29, 0.717) is 12.2 Å². The van der Waals surface area contributed by atoms with Crippen LogP contribution in [0.5, 0.6) is 0 Å². The molecule has 1 aliphatic heterocycles. The first-order chi connectivity index (χ1) is 8.80. The minimum Gasteiger partial charge on any atom is -0.396 e. The summed E-state index contributed by atoms with van der Waals surface area (Å²) in [6.45, 7) is 10.2. The van der Waals surface area contributed by atoms with Gasteiger partial charge >= 0.3 is 0 Å². The van der Waals surface area contributed by atoms with Gasteiger partial charge in [0.25, 0.3) is 0 Å². The molecule has 5 nitrogen and oxygen atoms in total. The van der Waals surface area contributed by atoms with Crippen LogP contribution in [0, 0.1) is 19.3 Å². The molecule has 2 rings (SSSR count). The number of nitrogens with two attached hydrogens (primary N) is 1. The van der Waals surface area contributed by atoms with Crippen molar-refractivity contribution in [2.45, 2.75) is 47.1 Å². The van der Waals surface area contributed by atoms with Crippen LogP contribution in [0.3, 0.4) is 0 Å². The number of aromatic nitrogens is 2. The minimum absolute atomic E-state index is 0.137. The molecule has 1 aromatic heterocycles. The molecule has 1 aromatic rings. The average Bonchev–Trinajstić information content (AvgIpc) is 2.56. The first kappa shape index (κ1) is 13.9. The highest BCUT2D eigenvalue weighted by Crippen LogP contribution is 2.28. The van der Waals surface area contributed by atoms with Crippen molar-refractivity contribution in [1.82, 2.24) is 14.7 Å². The normalized spacial score (nSPS) is 18.6. The number of likely N-dealkylation sites (tertiary alicyclic amines) is 1. The van der Waals surface area contributed by atoms with Crippen LogP contribution in [0.4, 0.5) is 5.69 Å². The molecule has 5 heteroatoms. The quantitative estimate of drug-likeness (QED) is 0.884. The smallest absolute Gasteiger partial charge is 0.244 e. The molecule has 1 aliphatic rings. The van der Waals surface area contributed by atoms with Gasteiger partial charge in [0.1, 0.15) is 6.54 Å². The molecule has 0 unspecified atom stereocenters. The van der Waals surface area contributed by atoms with Gasteiger partial charge in [-0.05, 0) is 32.1 Å². The Bertz CT molecular complexity index is 490. The predicted molar refractivity (Wildman–Crippen MR) is 75.7 cm³/mol. The summed E-state index contributed by atoms with van der Waals surface area (Å²) in [7, 11) is 0. The molecular weight excluding hydrogens is 240 g/mol. The van der Waals surface area contributed by atoms with Gasteiger partial charge in [-0.15, -0.1) is 0 Å². The van der Waals surface area contributed by atoms with Crippen LogP contribution in [0.15, 0.2) is 0 Å². The Hall–Kier alpha value is -1.52. The summed E-state index contributed by atoms with van der Waals surface area (Å²) in [4.78, 5) is 14.3. The Morgan fingerprint density at radius 3 is 2.63 bits per heavy atom. The van der Waals surface area contributed by atoms with Crippen molar-refractivity contribution < 1.29 is 4.79 Å². The van der Waals surface area contributed by atoms with Gasteiger partial charge in [-0.25, -0.2) is 0 Å². The number of nitrogens with zero attached hydrogens (tertiary/aromatic N) is 3. The van der Waals surface area contributed by atoms with E-state index in [1.54, 1.807) is 4.68 Å².